The number of nitriles is 1. The zero-order chi connectivity index (χ0) is 18.3. The normalized spacial score (nSPS) is 15.5. The zero-order valence-corrected chi connectivity index (χ0v) is 15.2. The molecule has 2 aromatic heterocycles. The number of aryl methyl sites for hydroxylation is 1. The van der Waals surface area contributed by atoms with Gasteiger partial charge in [0.2, 0.25) is 0 Å². The summed E-state index contributed by atoms with van der Waals surface area (Å²) in [4.78, 5) is 29.5. The highest BCUT2D eigenvalue weighted by Crippen LogP contribution is 2.35. The van der Waals surface area contributed by atoms with E-state index in [-0.39, 0.29) is 11.1 Å². The first kappa shape index (κ1) is 16.5. The molecule has 26 heavy (non-hydrogen) atoms. The molecule has 126 valence electrons. The van der Waals surface area contributed by atoms with Gasteiger partial charge in [0, 0.05) is 22.0 Å². The van der Waals surface area contributed by atoms with Gasteiger partial charge >= 0.3 is 0 Å². The van der Waals surface area contributed by atoms with Crippen LogP contribution in [-0.4, -0.2) is 16.1 Å². The monoisotopic (exact) mass is 377 g/mol. The Hall–Kier alpha value is -2.95. The molecule has 0 saturated carbocycles. The van der Waals surface area contributed by atoms with Crippen molar-refractivity contribution < 1.29 is 9.59 Å². The fraction of sp³-hybridized carbons (Fsp3) is 0.0526. The van der Waals surface area contributed by atoms with Gasteiger partial charge in [-0.3, -0.25) is 19.9 Å². The lowest BCUT2D eigenvalue weighted by atomic mass is 10.0. The van der Waals surface area contributed by atoms with Crippen LogP contribution in [0.4, 0.5) is 4.79 Å². The standard InChI is InChI=1S/C19H11N3O2S2/c1-10-6-15(25-17(10)9-20)12-4-5-21-14-3-2-11(7-13(12)14)8-16-18(23)22-19(24)26-16/h2-8H,1H3,(H,22,23,24)/b16-8+. The highest BCUT2D eigenvalue weighted by Gasteiger charge is 2.25. The van der Waals surface area contributed by atoms with E-state index in [0.717, 1.165) is 44.2 Å². The summed E-state index contributed by atoms with van der Waals surface area (Å²) in [5.74, 6) is -0.376. The molecule has 0 atom stereocenters. The lowest BCUT2D eigenvalue weighted by Gasteiger charge is -2.05. The molecule has 0 bridgehead atoms. The van der Waals surface area contributed by atoms with Crippen molar-refractivity contribution >= 4 is 51.2 Å². The van der Waals surface area contributed by atoms with Crippen molar-refractivity contribution in [2.75, 3.05) is 0 Å². The quantitative estimate of drug-likeness (QED) is 0.666. The summed E-state index contributed by atoms with van der Waals surface area (Å²) in [6, 6.07) is 11.8. The average Bonchev–Trinajstić information content (AvgIpc) is 3.15. The molecule has 3 heterocycles. The molecule has 1 saturated heterocycles. The fourth-order valence-electron chi connectivity index (χ4n) is 2.77. The van der Waals surface area contributed by atoms with E-state index in [1.807, 2.05) is 37.3 Å². The van der Waals surface area contributed by atoms with Crippen LogP contribution >= 0.6 is 23.1 Å². The Bertz CT molecular complexity index is 1160. The first-order valence-electron chi connectivity index (χ1n) is 7.69. The summed E-state index contributed by atoms with van der Waals surface area (Å²) < 4.78 is 0. The Morgan fingerprint density at radius 3 is 2.77 bits per heavy atom. The van der Waals surface area contributed by atoms with Gasteiger partial charge in [-0.25, -0.2) is 0 Å². The number of carbonyl (C=O) groups is 2. The number of aromatic nitrogens is 1. The van der Waals surface area contributed by atoms with E-state index >= 15 is 0 Å². The number of rotatable bonds is 2. The summed E-state index contributed by atoms with van der Waals surface area (Å²) in [5, 5.41) is 12.0. The largest absolute Gasteiger partial charge is 0.290 e. The lowest BCUT2D eigenvalue weighted by Crippen LogP contribution is -2.17. The zero-order valence-electron chi connectivity index (χ0n) is 13.6. The number of amides is 2. The Morgan fingerprint density at radius 2 is 2.08 bits per heavy atom. The van der Waals surface area contributed by atoms with Crippen LogP contribution in [0.5, 0.6) is 0 Å². The lowest BCUT2D eigenvalue weighted by molar-refractivity contribution is -0.115. The van der Waals surface area contributed by atoms with Crippen molar-refractivity contribution in [3.05, 3.63) is 57.4 Å². The number of benzene rings is 1. The number of nitrogens with one attached hydrogen (secondary N) is 1. The predicted molar refractivity (Wildman–Crippen MR) is 104 cm³/mol. The van der Waals surface area contributed by atoms with Crippen molar-refractivity contribution in [2.24, 2.45) is 0 Å². The van der Waals surface area contributed by atoms with Crippen LogP contribution in [0.15, 0.2) is 41.4 Å². The Kier molecular flexibility index (Phi) is 4.07. The molecule has 1 fully saturated rings. The molecule has 1 aliphatic heterocycles. The number of fused-ring (bicyclic) bond motifs is 1. The van der Waals surface area contributed by atoms with Gasteiger partial charge in [-0.15, -0.1) is 11.3 Å². The van der Waals surface area contributed by atoms with E-state index < -0.39 is 0 Å². The third kappa shape index (κ3) is 2.90. The van der Waals surface area contributed by atoms with E-state index in [2.05, 4.69) is 16.4 Å². The summed E-state index contributed by atoms with van der Waals surface area (Å²) in [7, 11) is 0. The second-order valence-electron chi connectivity index (χ2n) is 5.72. The molecule has 0 radical (unpaired) electrons. The van der Waals surface area contributed by atoms with Crippen LogP contribution in [0.2, 0.25) is 0 Å². The SMILES string of the molecule is Cc1cc(-c2ccnc3ccc(/C=C4/SC(=O)NC4=O)cc23)sc1C#N. The number of hydrogen-bond donors (Lipinski definition) is 1. The van der Waals surface area contributed by atoms with Gasteiger partial charge in [0.25, 0.3) is 11.1 Å². The summed E-state index contributed by atoms with van der Waals surface area (Å²) >= 11 is 2.34. The molecule has 1 aromatic carbocycles. The van der Waals surface area contributed by atoms with Crippen LogP contribution < -0.4 is 5.32 Å². The van der Waals surface area contributed by atoms with Gasteiger partial charge in [-0.05, 0) is 60.2 Å². The molecule has 7 heteroatoms. The van der Waals surface area contributed by atoms with Gasteiger partial charge in [0.05, 0.1) is 10.4 Å². The van der Waals surface area contributed by atoms with Crippen molar-refractivity contribution in [1.29, 1.82) is 5.26 Å². The van der Waals surface area contributed by atoms with Gasteiger partial charge in [-0.2, -0.15) is 5.26 Å². The third-order valence-electron chi connectivity index (χ3n) is 3.99. The summed E-state index contributed by atoms with van der Waals surface area (Å²) in [6.45, 7) is 1.92. The maximum atomic E-state index is 11.8. The minimum atomic E-state index is -0.376. The molecule has 0 unspecified atom stereocenters. The van der Waals surface area contributed by atoms with Crippen LogP contribution in [0.25, 0.3) is 27.4 Å². The first-order chi connectivity index (χ1) is 12.5. The smallest absolute Gasteiger partial charge is 0.282 e. The highest BCUT2D eigenvalue weighted by molar-refractivity contribution is 8.18. The number of imide groups is 1. The fourth-order valence-corrected chi connectivity index (χ4v) is 4.46. The van der Waals surface area contributed by atoms with E-state index in [0.29, 0.717) is 9.78 Å². The number of thioether (sulfide) groups is 1. The molecule has 4 rings (SSSR count). The van der Waals surface area contributed by atoms with E-state index in [1.165, 1.54) is 11.3 Å². The summed E-state index contributed by atoms with van der Waals surface area (Å²) in [6.07, 6.45) is 3.44. The minimum absolute atomic E-state index is 0.359. The van der Waals surface area contributed by atoms with Crippen molar-refractivity contribution in [2.45, 2.75) is 6.92 Å². The third-order valence-corrected chi connectivity index (χ3v) is 5.98. The number of nitrogens with zero attached hydrogens (tertiary/aromatic N) is 2. The number of carbonyl (C=O) groups excluding carboxylic acids is 2. The highest BCUT2D eigenvalue weighted by atomic mass is 32.2. The first-order valence-corrected chi connectivity index (χ1v) is 9.33. The second-order valence-corrected chi connectivity index (χ2v) is 7.79. The van der Waals surface area contributed by atoms with Gasteiger partial charge in [0.1, 0.15) is 10.9 Å². The predicted octanol–water partition coefficient (Wildman–Crippen LogP) is 4.47. The molecular weight excluding hydrogens is 366 g/mol. The second kappa shape index (κ2) is 6.41. The molecule has 0 aliphatic carbocycles. The van der Waals surface area contributed by atoms with Gasteiger partial charge in [0.15, 0.2) is 0 Å². The van der Waals surface area contributed by atoms with Crippen LogP contribution in [0, 0.1) is 18.3 Å². The molecule has 1 N–H and O–H groups in total. The van der Waals surface area contributed by atoms with Crippen molar-refractivity contribution in [3.63, 3.8) is 0 Å². The van der Waals surface area contributed by atoms with Crippen LogP contribution in [0.3, 0.4) is 0 Å². The number of hydrogen-bond acceptors (Lipinski definition) is 6. The van der Waals surface area contributed by atoms with Gasteiger partial charge in [-0.1, -0.05) is 6.07 Å². The van der Waals surface area contributed by atoms with Crippen LogP contribution in [-0.2, 0) is 4.79 Å². The maximum Gasteiger partial charge on any atom is 0.290 e. The Balaban J connectivity index is 1.85. The molecule has 5 nitrogen and oxygen atoms in total. The Morgan fingerprint density at radius 1 is 1.23 bits per heavy atom. The maximum absolute atomic E-state index is 11.8. The average molecular weight is 377 g/mol. The Labute approximate surface area is 157 Å². The molecular formula is C19H11N3O2S2. The van der Waals surface area contributed by atoms with Crippen molar-refractivity contribution in [1.82, 2.24) is 10.3 Å². The number of thiophene rings is 1. The van der Waals surface area contributed by atoms with E-state index in [1.54, 1.807) is 12.3 Å². The summed E-state index contributed by atoms with van der Waals surface area (Å²) in [5.41, 5.74) is 3.58. The topological polar surface area (TPSA) is 82.8 Å². The molecule has 0 spiro atoms. The minimum Gasteiger partial charge on any atom is -0.282 e. The van der Waals surface area contributed by atoms with E-state index in [9.17, 15) is 14.9 Å². The number of pyridine rings is 1. The van der Waals surface area contributed by atoms with E-state index in [4.69, 9.17) is 0 Å². The van der Waals surface area contributed by atoms with Gasteiger partial charge < -0.3 is 0 Å². The molecule has 3 aromatic rings. The molecule has 1 aliphatic rings. The van der Waals surface area contributed by atoms with Crippen LogP contribution in [0.1, 0.15) is 16.0 Å². The molecule has 2 amide bonds. The van der Waals surface area contributed by atoms with Crippen molar-refractivity contribution in [3.8, 4) is 16.5 Å².